The molecule has 0 saturated carbocycles. The Morgan fingerprint density at radius 1 is 1.19 bits per heavy atom. The van der Waals surface area contributed by atoms with Crippen molar-refractivity contribution >= 4 is 23.4 Å². The molecule has 0 spiro atoms. The Kier molecular flexibility index (Phi) is 5.79. The van der Waals surface area contributed by atoms with Gasteiger partial charge in [-0.15, -0.1) is 0 Å². The Morgan fingerprint density at radius 2 is 1.85 bits per heavy atom. The van der Waals surface area contributed by atoms with Crippen LogP contribution in [0.3, 0.4) is 0 Å². The third-order valence-corrected chi connectivity index (χ3v) is 5.08. The van der Waals surface area contributed by atoms with Crippen LogP contribution in [-0.4, -0.2) is 52.9 Å². The molecule has 2 heterocycles. The van der Waals surface area contributed by atoms with Crippen molar-refractivity contribution in [1.29, 1.82) is 0 Å². The molecule has 1 aromatic carbocycles. The molecule has 0 unspecified atom stereocenters. The molecule has 1 saturated heterocycles. The molecule has 8 heteroatoms. The van der Waals surface area contributed by atoms with E-state index >= 15 is 0 Å². The molecule has 1 aliphatic rings. The van der Waals surface area contributed by atoms with Crippen molar-refractivity contribution in [3.63, 3.8) is 0 Å². The average Bonchev–Trinajstić information content (AvgIpc) is 2.99. The number of halogens is 2. The number of amides is 2. The van der Waals surface area contributed by atoms with E-state index in [-0.39, 0.29) is 11.5 Å². The molecule has 1 fully saturated rings. The number of nitrogens with zero attached hydrogens (tertiary/aromatic N) is 3. The van der Waals surface area contributed by atoms with Crippen molar-refractivity contribution in [3.8, 4) is 0 Å². The molecular weight excluding hydrogens is 373 g/mol. The number of aromatic nitrogens is 1. The van der Waals surface area contributed by atoms with Crippen molar-refractivity contribution in [2.75, 3.05) is 26.2 Å². The monoisotopic (exact) mass is 393 g/mol. The van der Waals surface area contributed by atoms with E-state index in [0.717, 1.165) is 17.0 Å². The summed E-state index contributed by atoms with van der Waals surface area (Å²) in [4.78, 5) is 28.2. The molecular formula is C19H21ClFN3O3. The van der Waals surface area contributed by atoms with Crippen molar-refractivity contribution < 1.29 is 18.5 Å². The van der Waals surface area contributed by atoms with Crippen LogP contribution in [0.5, 0.6) is 0 Å². The zero-order chi connectivity index (χ0) is 19.6. The maximum atomic E-state index is 13.9. The van der Waals surface area contributed by atoms with E-state index in [1.165, 1.54) is 18.2 Å². The van der Waals surface area contributed by atoms with Crippen LogP contribution in [0.4, 0.5) is 4.39 Å². The SMILES string of the molecule is Cc1noc(C)c1CCC(=O)N1CCN(C(=O)c2cc(Cl)ccc2F)CC1. The van der Waals surface area contributed by atoms with Gasteiger partial charge in [-0.2, -0.15) is 0 Å². The van der Waals surface area contributed by atoms with Gasteiger partial charge in [-0.25, -0.2) is 4.39 Å². The van der Waals surface area contributed by atoms with E-state index < -0.39 is 11.7 Å². The van der Waals surface area contributed by atoms with E-state index in [1.807, 2.05) is 13.8 Å². The quantitative estimate of drug-likeness (QED) is 0.800. The van der Waals surface area contributed by atoms with Gasteiger partial charge in [0, 0.05) is 43.2 Å². The van der Waals surface area contributed by atoms with Gasteiger partial charge >= 0.3 is 0 Å². The lowest BCUT2D eigenvalue weighted by atomic mass is 10.1. The average molecular weight is 394 g/mol. The molecule has 0 aliphatic carbocycles. The number of carbonyl (C=O) groups is 2. The number of benzene rings is 1. The van der Waals surface area contributed by atoms with Crippen LogP contribution >= 0.6 is 11.6 Å². The van der Waals surface area contributed by atoms with Crippen LogP contribution in [0.2, 0.25) is 5.02 Å². The van der Waals surface area contributed by atoms with Gasteiger partial charge in [0.05, 0.1) is 11.3 Å². The summed E-state index contributed by atoms with van der Waals surface area (Å²) < 4.78 is 19.0. The zero-order valence-electron chi connectivity index (χ0n) is 15.3. The first-order chi connectivity index (χ1) is 12.9. The number of rotatable bonds is 4. The number of piperazine rings is 1. The van der Waals surface area contributed by atoms with E-state index in [0.29, 0.717) is 44.0 Å². The summed E-state index contributed by atoms with van der Waals surface area (Å²) in [6, 6.07) is 3.92. The number of aryl methyl sites for hydroxylation is 2. The number of hydrogen-bond acceptors (Lipinski definition) is 4. The van der Waals surface area contributed by atoms with Crippen LogP contribution in [0.25, 0.3) is 0 Å². The van der Waals surface area contributed by atoms with Crippen LogP contribution in [0, 0.1) is 19.7 Å². The van der Waals surface area contributed by atoms with Gasteiger partial charge in [-0.3, -0.25) is 9.59 Å². The minimum absolute atomic E-state index is 0.0241. The molecule has 1 aliphatic heterocycles. The minimum atomic E-state index is -0.595. The molecule has 144 valence electrons. The predicted octanol–water partition coefficient (Wildman–Crippen LogP) is 3.00. The molecule has 2 amide bonds. The van der Waals surface area contributed by atoms with Gasteiger partial charge in [0.15, 0.2) is 0 Å². The summed E-state index contributed by atoms with van der Waals surface area (Å²) in [6.45, 7) is 5.27. The maximum absolute atomic E-state index is 13.9. The Morgan fingerprint density at radius 3 is 2.48 bits per heavy atom. The fourth-order valence-electron chi connectivity index (χ4n) is 3.24. The summed E-state index contributed by atoms with van der Waals surface area (Å²) in [5.41, 5.74) is 1.73. The van der Waals surface area contributed by atoms with E-state index in [9.17, 15) is 14.0 Å². The molecule has 0 bridgehead atoms. The lowest BCUT2D eigenvalue weighted by molar-refractivity contribution is -0.132. The normalized spacial score (nSPS) is 14.5. The van der Waals surface area contributed by atoms with Crippen molar-refractivity contribution in [2.24, 2.45) is 0 Å². The number of hydrogen-bond donors (Lipinski definition) is 0. The molecule has 1 aromatic heterocycles. The van der Waals surface area contributed by atoms with E-state index in [1.54, 1.807) is 9.80 Å². The maximum Gasteiger partial charge on any atom is 0.257 e. The highest BCUT2D eigenvalue weighted by molar-refractivity contribution is 6.31. The first-order valence-corrected chi connectivity index (χ1v) is 9.18. The smallest absolute Gasteiger partial charge is 0.257 e. The molecule has 0 atom stereocenters. The first-order valence-electron chi connectivity index (χ1n) is 8.80. The Labute approximate surface area is 161 Å². The Hall–Kier alpha value is -2.41. The lowest BCUT2D eigenvalue weighted by Crippen LogP contribution is -2.50. The second-order valence-corrected chi connectivity index (χ2v) is 7.04. The second-order valence-electron chi connectivity index (χ2n) is 6.60. The van der Waals surface area contributed by atoms with Crippen molar-refractivity contribution in [2.45, 2.75) is 26.7 Å². The van der Waals surface area contributed by atoms with Crippen molar-refractivity contribution in [3.05, 3.63) is 51.6 Å². The van der Waals surface area contributed by atoms with E-state index in [4.69, 9.17) is 16.1 Å². The first kappa shape index (κ1) is 19.4. The summed E-state index contributed by atoms with van der Waals surface area (Å²) in [6.07, 6.45) is 0.937. The zero-order valence-corrected chi connectivity index (χ0v) is 16.1. The van der Waals surface area contributed by atoms with E-state index in [2.05, 4.69) is 5.16 Å². The topological polar surface area (TPSA) is 66.7 Å². The minimum Gasteiger partial charge on any atom is -0.361 e. The largest absolute Gasteiger partial charge is 0.361 e. The molecule has 27 heavy (non-hydrogen) atoms. The Bertz CT molecular complexity index is 840. The highest BCUT2D eigenvalue weighted by Crippen LogP contribution is 2.19. The van der Waals surface area contributed by atoms with Gasteiger partial charge in [-0.1, -0.05) is 16.8 Å². The second kappa shape index (κ2) is 8.08. The molecule has 0 radical (unpaired) electrons. The lowest BCUT2D eigenvalue weighted by Gasteiger charge is -2.35. The highest BCUT2D eigenvalue weighted by Gasteiger charge is 2.26. The van der Waals surface area contributed by atoms with Gasteiger partial charge in [-0.05, 0) is 38.5 Å². The number of carbonyl (C=O) groups excluding carboxylic acids is 2. The van der Waals surface area contributed by atoms with Gasteiger partial charge in [0.2, 0.25) is 5.91 Å². The predicted molar refractivity (Wildman–Crippen MR) is 98.2 cm³/mol. The fourth-order valence-corrected chi connectivity index (χ4v) is 3.41. The van der Waals surface area contributed by atoms with Gasteiger partial charge < -0.3 is 14.3 Å². The van der Waals surface area contributed by atoms with Crippen molar-refractivity contribution in [1.82, 2.24) is 15.0 Å². The van der Waals surface area contributed by atoms with Crippen LogP contribution in [0.15, 0.2) is 22.7 Å². The summed E-state index contributed by atoms with van der Waals surface area (Å²) in [5, 5.41) is 4.21. The molecule has 0 N–H and O–H groups in total. The molecule has 6 nitrogen and oxygen atoms in total. The third kappa shape index (κ3) is 4.30. The van der Waals surface area contributed by atoms with Gasteiger partial charge in [0.1, 0.15) is 11.6 Å². The fraction of sp³-hybridized carbons (Fsp3) is 0.421. The Balaban J connectivity index is 1.54. The van der Waals surface area contributed by atoms with Gasteiger partial charge in [0.25, 0.3) is 5.91 Å². The van der Waals surface area contributed by atoms with Crippen LogP contribution < -0.4 is 0 Å². The van der Waals surface area contributed by atoms with Crippen LogP contribution in [0.1, 0.15) is 33.8 Å². The summed E-state index contributed by atoms with van der Waals surface area (Å²) in [5.74, 6) is -0.240. The summed E-state index contributed by atoms with van der Waals surface area (Å²) >= 11 is 5.86. The van der Waals surface area contributed by atoms with Crippen LogP contribution in [-0.2, 0) is 11.2 Å². The molecule has 3 rings (SSSR count). The summed E-state index contributed by atoms with van der Waals surface area (Å²) in [7, 11) is 0. The third-order valence-electron chi connectivity index (χ3n) is 4.85. The standard InChI is InChI=1S/C19H21ClFN3O3/c1-12-15(13(2)27-22-12)4-6-18(25)23-7-9-24(10-8-23)19(26)16-11-14(20)3-5-17(16)21/h3,5,11H,4,6-10H2,1-2H3. The molecule has 2 aromatic rings. The highest BCUT2D eigenvalue weighted by atomic mass is 35.5.